The highest BCUT2D eigenvalue weighted by Gasteiger charge is 2.34. The van der Waals surface area contributed by atoms with Crippen LogP contribution in [0.2, 0.25) is 5.02 Å². The van der Waals surface area contributed by atoms with Gasteiger partial charge >= 0.3 is 0 Å². The minimum absolute atomic E-state index is 0.0881. The van der Waals surface area contributed by atoms with E-state index < -0.39 is 0 Å². The summed E-state index contributed by atoms with van der Waals surface area (Å²) in [5.74, 6) is 1.82. The van der Waals surface area contributed by atoms with E-state index in [2.05, 4.69) is 10.1 Å². The minimum Gasteiger partial charge on any atom is -0.494 e. The van der Waals surface area contributed by atoms with Gasteiger partial charge in [0, 0.05) is 30.1 Å². The number of benzene rings is 2. The highest BCUT2D eigenvalue weighted by Crippen LogP contribution is 2.30. The highest BCUT2D eigenvalue weighted by molar-refractivity contribution is 6.30. The van der Waals surface area contributed by atoms with Crippen molar-refractivity contribution in [1.82, 2.24) is 15.0 Å². The molecule has 7 heteroatoms. The molecule has 0 bridgehead atoms. The summed E-state index contributed by atoms with van der Waals surface area (Å²) in [6, 6.07) is 15.1. The first kappa shape index (κ1) is 18.5. The average molecular weight is 398 g/mol. The van der Waals surface area contributed by atoms with E-state index in [0.29, 0.717) is 42.9 Å². The quantitative estimate of drug-likeness (QED) is 0.620. The van der Waals surface area contributed by atoms with Crippen molar-refractivity contribution in [2.45, 2.75) is 25.8 Å². The lowest BCUT2D eigenvalue weighted by Crippen LogP contribution is -2.24. The Labute approximate surface area is 168 Å². The van der Waals surface area contributed by atoms with Crippen molar-refractivity contribution < 1.29 is 14.1 Å². The first-order valence-electron chi connectivity index (χ1n) is 9.21. The van der Waals surface area contributed by atoms with Crippen LogP contribution in [0, 0.1) is 0 Å². The van der Waals surface area contributed by atoms with Crippen LogP contribution in [0.1, 0.15) is 30.7 Å². The van der Waals surface area contributed by atoms with Crippen LogP contribution in [-0.2, 0) is 11.3 Å². The van der Waals surface area contributed by atoms with E-state index in [-0.39, 0.29) is 11.8 Å². The first-order valence-corrected chi connectivity index (χ1v) is 9.59. The summed E-state index contributed by atoms with van der Waals surface area (Å²) < 4.78 is 10.9. The number of halogens is 1. The van der Waals surface area contributed by atoms with Crippen LogP contribution in [0.25, 0.3) is 11.4 Å². The Morgan fingerprint density at radius 2 is 1.93 bits per heavy atom. The van der Waals surface area contributed by atoms with Gasteiger partial charge in [-0.3, -0.25) is 4.79 Å². The molecule has 28 heavy (non-hydrogen) atoms. The van der Waals surface area contributed by atoms with Crippen LogP contribution in [-0.4, -0.2) is 34.1 Å². The van der Waals surface area contributed by atoms with Gasteiger partial charge in [0.25, 0.3) is 0 Å². The Bertz CT molecular complexity index is 954. The summed E-state index contributed by atoms with van der Waals surface area (Å²) in [6.45, 7) is 3.70. The van der Waals surface area contributed by atoms with Gasteiger partial charge in [-0.05, 0) is 48.9 Å². The number of rotatable bonds is 6. The maximum absolute atomic E-state index is 12.4. The summed E-state index contributed by atoms with van der Waals surface area (Å²) in [7, 11) is 0. The average Bonchev–Trinajstić information content (AvgIpc) is 3.32. The van der Waals surface area contributed by atoms with Gasteiger partial charge in [-0.15, -0.1) is 0 Å². The number of likely N-dealkylation sites (tertiary alicyclic amines) is 1. The molecule has 1 saturated heterocycles. The molecule has 3 aromatic rings. The summed E-state index contributed by atoms with van der Waals surface area (Å²) in [5, 5.41) is 4.70. The molecule has 4 rings (SSSR count). The van der Waals surface area contributed by atoms with E-state index in [1.54, 1.807) is 12.1 Å². The van der Waals surface area contributed by atoms with Crippen molar-refractivity contribution >= 4 is 17.5 Å². The number of ether oxygens (including phenoxy) is 1. The Hall–Kier alpha value is -2.86. The predicted molar refractivity (Wildman–Crippen MR) is 105 cm³/mol. The minimum atomic E-state index is -0.0938. The van der Waals surface area contributed by atoms with Crippen LogP contribution >= 0.6 is 11.6 Å². The molecule has 0 spiro atoms. The third-order valence-electron chi connectivity index (χ3n) is 4.72. The van der Waals surface area contributed by atoms with Crippen LogP contribution in [0.15, 0.2) is 53.1 Å². The molecule has 1 unspecified atom stereocenters. The van der Waals surface area contributed by atoms with E-state index >= 15 is 0 Å². The molecule has 6 nitrogen and oxygen atoms in total. The molecule has 0 saturated carbocycles. The van der Waals surface area contributed by atoms with E-state index in [0.717, 1.165) is 16.9 Å². The summed E-state index contributed by atoms with van der Waals surface area (Å²) in [5.41, 5.74) is 1.89. The molecule has 1 amide bonds. The Morgan fingerprint density at radius 3 is 2.64 bits per heavy atom. The van der Waals surface area contributed by atoms with E-state index in [1.807, 2.05) is 48.2 Å². The second-order valence-corrected chi connectivity index (χ2v) is 7.15. The zero-order valence-corrected chi connectivity index (χ0v) is 16.2. The number of hydrogen-bond donors (Lipinski definition) is 0. The van der Waals surface area contributed by atoms with Crippen molar-refractivity contribution in [3.05, 3.63) is 65.0 Å². The lowest BCUT2D eigenvalue weighted by Gasteiger charge is -2.16. The van der Waals surface area contributed by atoms with Gasteiger partial charge in [0.2, 0.25) is 17.6 Å². The number of hydrogen-bond acceptors (Lipinski definition) is 5. The fourth-order valence-electron chi connectivity index (χ4n) is 3.29. The van der Waals surface area contributed by atoms with Crippen molar-refractivity contribution in [3.8, 4) is 17.1 Å². The summed E-state index contributed by atoms with van der Waals surface area (Å²) in [6.07, 6.45) is 0.374. The number of nitrogens with zero attached hydrogens (tertiary/aromatic N) is 3. The lowest BCUT2D eigenvalue weighted by atomic mass is 10.1. The maximum atomic E-state index is 12.4. The van der Waals surface area contributed by atoms with Crippen molar-refractivity contribution in [2.24, 2.45) is 0 Å². The number of carbonyl (C=O) groups is 1. The topological polar surface area (TPSA) is 68.5 Å². The lowest BCUT2D eigenvalue weighted by molar-refractivity contribution is -0.128. The molecule has 0 radical (unpaired) electrons. The van der Waals surface area contributed by atoms with Crippen LogP contribution in [0.5, 0.6) is 5.75 Å². The largest absolute Gasteiger partial charge is 0.494 e. The van der Waals surface area contributed by atoms with Gasteiger partial charge in [-0.25, -0.2) is 0 Å². The van der Waals surface area contributed by atoms with Crippen LogP contribution < -0.4 is 4.74 Å². The molecule has 1 atom stereocenters. The SMILES string of the molecule is CCOc1ccc(CN2CC(c3nc(-c4ccc(Cl)cc4)no3)CC2=O)cc1. The molecule has 2 aromatic carbocycles. The zero-order valence-electron chi connectivity index (χ0n) is 15.5. The highest BCUT2D eigenvalue weighted by atomic mass is 35.5. The maximum Gasteiger partial charge on any atom is 0.232 e. The molecule has 0 aliphatic carbocycles. The zero-order chi connectivity index (χ0) is 19.5. The second kappa shape index (κ2) is 8.02. The van der Waals surface area contributed by atoms with Crippen molar-refractivity contribution in [2.75, 3.05) is 13.2 Å². The van der Waals surface area contributed by atoms with Gasteiger partial charge in [0.15, 0.2) is 0 Å². The van der Waals surface area contributed by atoms with E-state index in [1.165, 1.54) is 0 Å². The molecule has 1 fully saturated rings. The molecule has 2 heterocycles. The summed E-state index contributed by atoms with van der Waals surface area (Å²) in [4.78, 5) is 18.8. The second-order valence-electron chi connectivity index (χ2n) is 6.72. The fraction of sp³-hybridized carbons (Fsp3) is 0.286. The Balaban J connectivity index is 1.42. The smallest absolute Gasteiger partial charge is 0.232 e. The number of amides is 1. The third-order valence-corrected chi connectivity index (χ3v) is 4.97. The molecule has 1 aliphatic heterocycles. The monoisotopic (exact) mass is 397 g/mol. The predicted octanol–water partition coefficient (Wildman–Crippen LogP) is 4.30. The van der Waals surface area contributed by atoms with E-state index in [9.17, 15) is 4.79 Å². The van der Waals surface area contributed by atoms with Gasteiger partial charge in [-0.2, -0.15) is 4.98 Å². The molecule has 1 aliphatic rings. The van der Waals surface area contributed by atoms with Gasteiger partial charge < -0.3 is 14.2 Å². The molecular formula is C21H20ClN3O3. The summed E-state index contributed by atoms with van der Waals surface area (Å²) >= 11 is 5.92. The van der Waals surface area contributed by atoms with Crippen LogP contribution in [0.3, 0.4) is 0 Å². The Kier molecular flexibility index (Phi) is 5.30. The first-order chi connectivity index (χ1) is 13.6. The van der Waals surface area contributed by atoms with Gasteiger partial charge in [-0.1, -0.05) is 28.9 Å². The number of carbonyl (C=O) groups excluding carboxylic acids is 1. The third kappa shape index (κ3) is 4.02. The normalized spacial score (nSPS) is 16.6. The van der Waals surface area contributed by atoms with Crippen LogP contribution in [0.4, 0.5) is 0 Å². The number of aromatic nitrogens is 2. The van der Waals surface area contributed by atoms with Crippen molar-refractivity contribution in [1.29, 1.82) is 0 Å². The molecule has 1 aromatic heterocycles. The molecular weight excluding hydrogens is 378 g/mol. The van der Waals surface area contributed by atoms with Crippen molar-refractivity contribution in [3.63, 3.8) is 0 Å². The van der Waals surface area contributed by atoms with Gasteiger partial charge in [0.1, 0.15) is 5.75 Å². The van der Waals surface area contributed by atoms with Gasteiger partial charge in [0.05, 0.1) is 12.5 Å². The molecule has 144 valence electrons. The standard InChI is InChI=1S/C21H20ClN3O3/c1-2-27-18-9-3-14(4-10-18)12-25-13-16(11-19(25)26)21-23-20(24-28-21)15-5-7-17(22)8-6-15/h3-10,16H,2,11-13H2,1H3. The fourth-order valence-corrected chi connectivity index (χ4v) is 3.41. The molecule has 0 N–H and O–H groups in total. The Morgan fingerprint density at radius 1 is 1.18 bits per heavy atom. The van der Waals surface area contributed by atoms with E-state index in [4.69, 9.17) is 20.9 Å².